The first kappa shape index (κ1) is 10.3. The summed E-state index contributed by atoms with van der Waals surface area (Å²) in [5.74, 6) is -0.167. The molecule has 1 aromatic rings. The predicted molar refractivity (Wildman–Crippen MR) is 57.6 cm³/mol. The SMILES string of the molecule is CC(C)(C)OC(=O)[C@H]1CCn2cccc21. The van der Waals surface area contributed by atoms with E-state index in [1.165, 1.54) is 0 Å². The van der Waals surface area contributed by atoms with E-state index in [2.05, 4.69) is 4.57 Å². The summed E-state index contributed by atoms with van der Waals surface area (Å²) < 4.78 is 7.52. The number of aryl methyl sites for hydroxylation is 1. The maximum absolute atomic E-state index is 11.9. The van der Waals surface area contributed by atoms with E-state index in [1.54, 1.807) is 0 Å². The van der Waals surface area contributed by atoms with Gasteiger partial charge in [0.25, 0.3) is 0 Å². The highest BCUT2D eigenvalue weighted by Crippen LogP contribution is 2.30. The third-order valence-corrected chi connectivity index (χ3v) is 2.57. The molecule has 2 heterocycles. The minimum absolute atomic E-state index is 0.0702. The van der Waals surface area contributed by atoms with Crippen molar-refractivity contribution < 1.29 is 9.53 Å². The molecule has 0 bridgehead atoms. The van der Waals surface area contributed by atoms with Crippen molar-refractivity contribution in [2.45, 2.75) is 45.3 Å². The molecule has 0 aliphatic carbocycles. The Morgan fingerprint density at radius 1 is 1.53 bits per heavy atom. The first-order valence-corrected chi connectivity index (χ1v) is 5.35. The smallest absolute Gasteiger partial charge is 0.315 e. The Hall–Kier alpha value is -1.25. The lowest BCUT2D eigenvalue weighted by Gasteiger charge is -2.21. The number of hydrogen-bond acceptors (Lipinski definition) is 2. The highest BCUT2D eigenvalue weighted by molar-refractivity contribution is 5.78. The molecule has 0 N–H and O–H groups in total. The van der Waals surface area contributed by atoms with Crippen molar-refractivity contribution in [2.24, 2.45) is 0 Å². The summed E-state index contributed by atoms with van der Waals surface area (Å²) >= 11 is 0. The Morgan fingerprint density at radius 2 is 2.27 bits per heavy atom. The largest absolute Gasteiger partial charge is 0.459 e. The average molecular weight is 207 g/mol. The van der Waals surface area contributed by atoms with Gasteiger partial charge in [0, 0.05) is 18.4 Å². The summed E-state index contributed by atoms with van der Waals surface area (Å²) in [6.45, 7) is 6.63. The highest BCUT2D eigenvalue weighted by Gasteiger charge is 2.31. The number of rotatable bonds is 1. The summed E-state index contributed by atoms with van der Waals surface area (Å²) in [4.78, 5) is 11.9. The molecule has 1 atom stereocenters. The van der Waals surface area contributed by atoms with Crippen LogP contribution >= 0.6 is 0 Å². The van der Waals surface area contributed by atoms with Crippen LogP contribution in [0.15, 0.2) is 18.3 Å². The average Bonchev–Trinajstić information content (AvgIpc) is 2.57. The normalized spacial score (nSPS) is 20.1. The molecular formula is C12H17NO2. The quantitative estimate of drug-likeness (QED) is 0.662. The minimum atomic E-state index is -0.392. The van der Waals surface area contributed by atoms with Gasteiger partial charge in [-0.2, -0.15) is 0 Å². The lowest BCUT2D eigenvalue weighted by Crippen LogP contribution is -2.27. The molecule has 0 spiro atoms. The molecule has 0 amide bonds. The van der Waals surface area contributed by atoms with Crippen molar-refractivity contribution in [3.8, 4) is 0 Å². The molecule has 82 valence electrons. The number of hydrogen-bond donors (Lipinski definition) is 0. The molecule has 3 nitrogen and oxygen atoms in total. The molecule has 0 saturated heterocycles. The van der Waals surface area contributed by atoms with Crippen LogP contribution in [0.25, 0.3) is 0 Å². The number of nitrogens with zero attached hydrogens (tertiary/aromatic N) is 1. The second-order valence-electron chi connectivity index (χ2n) is 5.00. The fourth-order valence-electron chi connectivity index (χ4n) is 1.97. The van der Waals surface area contributed by atoms with Crippen LogP contribution in [0.4, 0.5) is 0 Å². The fourth-order valence-corrected chi connectivity index (χ4v) is 1.97. The molecule has 0 fully saturated rings. The minimum Gasteiger partial charge on any atom is -0.459 e. The van der Waals surface area contributed by atoms with Crippen molar-refractivity contribution in [1.29, 1.82) is 0 Å². The van der Waals surface area contributed by atoms with Gasteiger partial charge in [-0.15, -0.1) is 0 Å². The molecule has 0 unspecified atom stereocenters. The van der Waals surface area contributed by atoms with E-state index in [4.69, 9.17) is 4.74 Å². The van der Waals surface area contributed by atoms with E-state index in [-0.39, 0.29) is 11.9 Å². The molecule has 0 radical (unpaired) electrons. The van der Waals surface area contributed by atoms with Gasteiger partial charge in [-0.25, -0.2) is 0 Å². The standard InChI is InChI=1S/C12H17NO2/c1-12(2,3)15-11(14)9-6-8-13-7-4-5-10(9)13/h4-5,7,9H,6,8H2,1-3H3/t9-/m0/s1. The number of esters is 1. The second-order valence-corrected chi connectivity index (χ2v) is 5.00. The van der Waals surface area contributed by atoms with Crippen LogP contribution in [0.2, 0.25) is 0 Å². The number of carbonyl (C=O) groups is 1. The van der Waals surface area contributed by atoms with E-state index in [9.17, 15) is 4.79 Å². The maximum Gasteiger partial charge on any atom is 0.315 e. The first-order chi connectivity index (χ1) is 6.97. The number of carbonyl (C=O) groups excluding carboxylic acids is 1. The molecule has 3 heteroatoms. The van der Waals surface area contributed by atoms with Gasteiger partial charge in [-0.1, -0.05) is 0 Å². The second kappa shape index (κ2) is 3.40. The Balaban J connectivity index is 2.11. The molecule has 1 aliphatic heterocycles. The van der Waals surface area contributed by atoms with Gasteiger partial charge >= 0.3 is 5.97 Å². The van der Waals surface area contributed by atoms with Gasteiger partial charge in [-0.3, -0.25) is 4.79 Å². The Labute approximate surface area is 90.0 Å². The zero-order valence-electron chi connectivity index (χ0n) is 9.49. The Bertz CT molecular complexity index is 373. The topological polar surface area (TPSA) is 31.2 Å². The molecule has 2 rings (SSSR count). The summed E-state index contributed by atoms with van der Waals surface area (Å²) in [6, 6.07) is 3.98. The van der Waals surface area contributed by atoms with Crippen LogP contribution in [-0.4, -0.2) is 16.1 Å². The Morgan fingerprint density at radius 3 is 2.93 bits per heavy atom. The number of fused-ring (bicyclic) bond motifs is 1. The lowest BCUT2D eigenvalue weighted by atomic mass is 10.0. The van der Waals surface area contributed by atoms with E-state index in [0.29, 0.717) is 0 Å². The van der Waals surface area contributed by atoms with Gasteiger partial charge in [-0.05, 0) is 39.3 Å². The summed E-state index contributed by atoms with van der Waals surface area (Å²) in [7, 11) is 0. The van der Waals surface area contributed by atoms with Crippen molar-refractivity contribution in [3.63, 3.8) is 0 Å². The molecule has 0 aromatic carbocycles. The van der Waals surface area contributed by atoms with Crippen LogP contribution in [0, 0.1) is 0 Å². The third kappa shape index (κ3) is 2.06. The zero-order valence-corrected chi connectivity index (χ0v) is 9.49. The van der Waals surface area contributed by atoms with Crippen molar-refractivity contribution in [1.82, 2.24) is 4.57 Å². The Kier molecular flexibility index (Phi) is 2.33. The number of aromatic nitrogens is 1. The molecule has 1 aliphatic rings. The molecule has 15 heavy (non-hydrogen) atoms. The van der Waals surface area contributed by atoms with E-state index < -0.39 is 5.60 Å². The lowest BCUT2D eigenvalue weighted by molar-refractivity contribution is -0.156. The van der Waals surface area contributed by atoms with E-state index in [0.717, 1.165) is 18.7 Å². The van der Waals surface area contributed by atoms with Crippen molar-refractivity contribution in [3.05, 3.63) is 24.0 Å². The van der Waals surface area contributed by atoms with Crippen molar-refractivity contribution >= 4 is 5.97 Å². The van der Waals surface area contributed by atoms with Crippen LogP contribution < -0.4 is 0 Å². The van der Waals surface area contributed by atoms with Crippen LogP contribution in [0.5, 0.6) is 0 Å². The molecular weight excluding hydrogens is 190 g/mol. The summed E-state index contributed by atoms with van der Waals surface area (Å²) in [5.41, 5.74) is 0.695. The van der Waals surface area contributed by atoms with Gasteiger partial charge in [0.1, 0.15) is 5.60 Å². The molecule has 0 saturated carbocycles. The maximum atomic E-state index is 11.9. The van der Waals surface area contributed by atoms with Gasteiger partial charge < -0.3 is 9.30 Å². The highest BCUT2D eigenvalue weighted by atomic mass is 16.6. The predicted octanol–water partition coefficient (Wildman–Crippen LogP) is 2.32. The van der Waals surface area contributed by atoms with E-state index >= 15 is 0 Å². The van der Waals surface area contributed by atoms with Crippen LogP contribution in [0.3, 0.4) is 0 Å². The molecule has 1 aromatic heterocycles. The van der Waals surface area contributed by atoms with Gasteiger partial charge in [0.15, 0.2) is 0 Å². The monoisotopic (exact) mass is 207 g/mol. The van der Waals surface area contributed by atoms with E-state index in [1.807, 2.05) is 39.1 Å². The van der Waals surface area contributed by atoms with Gasteiger partial charge in [0.05, 0.1) is 5.92 Å². The van der Waals surface area contributed by atoms with Crippen molar-refractivity contribution in [2.75, 3.05) is 0 Å². The first-order valence-electron chi connectivity index (χ1n) is 5.35. The summed E-state index contributed by atoms with van der Waals surface area (Å²) in [5, 5.41) is 0. The fraction of sp³-hybridized carbons (Fsp3) is 0.583. The van der Waals surface area contributed by atoms with Crippen LogP contribution in [0.1, 0.15) is 38.8 Å². The summed E-state index contributed by atoms with van der Waals surface area (Å²) in [6.07, 6.45) is 2.88. The number of ether oxygens (including phenoxy) is 1. The van der Waals surface area contributed by atoms with Gasteiger partial charge in [0.2, 0.25) is 0 Å². The third-order valence-electron chi connectivity index (χ3n) is 2.57. The van der Waals surface area contributed by atoms with Crippen LogP contribution in [-0.2, 0) is 16.1 Å². The zero-order chi connectivity index (χ0) is 11.1.